The molecule has 0 spiro atoms. The average Bonchev–Trinajstić information content (AvgIpc) is 2.49. The first-order valence-corrected chi connectivity index (χ1v) is 8.72. The van der Waals surface area contributed by atoms with Gasteiger partial charge in [0.1, 0.15) is 0 Å². The van der Waals surface area contributed by atoms with Gasteiger partial charge in [0.05, 0.1) is 0 Å². The molecule has 1 aromatic rings. The molecule has 0 aliphatic heterocycles. The van der Waals surface area contributed by atoms with E-state index < -0.39 is 0 Å². The Hall–Kier alpha value is -0.830. The molecule has 7 heteroatoms. The van der Waals surface area contributed by atoms with Crippen LogP contribution in [0.4, 0.5) is 5.69 Å². The number of guanidine groups is 1. The molecule has 0 aliphatic carbocycles. The first kappa shape index (κ1) is 23.2. The van der Waals surface area contributed by atoms with Crippen LogP contribution >= 0.6 is 39.9 Å². The SMILES string of the molecule is CN=C(NCCC(=O)Nc1cc(Br)ccc1C)NCCC(C)C.I. The van der Waals surface area contributed by atoms with Gasteiger partial charge in [-0.1, -0.05) is 35.8 Å². The number of aryl methyl sites for hydroxylation is 1. The smallest absolute Gasteiger partial charge is 0.226 e. The number of carbonyl (C=O) groups is 1. The predicted molar refractivity (Wildman–Crippen MR) is 116 cm³/mol. The molecular formula is C17H28BrIN4O. The number of amides is 1. The highest BCUT2D eigenvalue weighted by Gasteiger charge is 2.06. The molecule has 1 aromatic carbocycles. The highest BCUT2D eigenvalue weighted by atomic mass is 127. The lowest BCUT2D eigenvalue weighted by Crippen LogP contribution is -2.39. The van der Waals surface area contributed by atoms with E-state index in [4.69, 9.17) is 0 Å². The van der Waals surface area contributed by atoms with E-state index >= 15 is 0 Å². The van der Waals surface area contributed by atoms with E-state index in [1.807, 2.05) is 25.1 Å². The maximum Gasteiger partial charge on any atom is 0.226 e. The Balaban J connectivity index is 0.00000529. The molecule has 3 N–H and O–H groups in total. The van der Waals surface area contributed by atoms with Crippen LogP contribution in [0.2, 0.25) is 0 Å². The minimum absolute atomic E-state index is 0. The summed E-state index contributed by atoms with van der Waals surface area (Å²) < 4.78 is 0.950. The van der Waals surface area contributed by atoms with Crippen LogP contribution in [0.1, 0.15) is 32.3 Å². The van der Waals surface area contributed by atoms with E-state index in [-0.39, 0.29) is 29.9 Å². The minimum Gasteiger partial charge on any atom is -0.356 e. The molecule has 0 aromatic heterocycles. The van der Waals surface area contributed by atoms with Gasteiger partial charge in [-0.05, 0) is 37.0 Å². The first-order chi connectivity index (χ1) is 10.9. The van der Waals surface area contributed by atoms with Crippen molar-refractivity contribution in [2.45, 2.75) is 33.6 Å². The summed E-state index contributed by atoms with van der Waals surface area (Å²) in [6.07, 6.45) is 1.47. The van der Waals surface area contributed by atoms with Gasteiger partial charge in [-0.2, -0.15) is 0 Å². The Labute approximate surface area is 170 Å². The summed E-state index contributed by atoms with van der Waals surface area (Å²) in [4.78, 5) is 16.2. The number of nitrogens with zero attached hydrogens (tertiary/aromatic N) is 1. The predicted octanol–water partition coefficient (Wildman–Crippen LogP) is 3.92. The van der Waals surface area contributed by atoms with Crippen molar-refractivity contribution in [1.29, 1.82) is 0 Å². The zero-order valence-electron chi connectivity index (χ0n) is 14.8. The van der Waals surface area contributed by atoms with Gasteiger partial charge in [0.15, 0.2) is 5.96 Å². The van der Waals surface area contributed by atoms with Gasteiger partial charge in [0.2, 0.25) is 5.91 Å². The van der Waals surface area contributed by atoms with Crippen LogP contribution in [0.3, 0.4) is 0 Å². The number of benzene rings is 1. The van der Waals surface area contributed by atoms with Crippen LogP contribution in [0, 0.1) is 12.8 Å². The normalized spacial score (nSPS) is 11.0. The highest BCUT2D eigenvalue weighted by Crippen LogP contribution is 2.20. The van der Waals surface area contributed by atoms with E-state index in [1.165, 1.54) is 0 Å². The van der Waals surface area contributed by atoms with Gasteiger partial charge < -0.3 is 16.0 Å². The van der Waals surface area contributed by atoms with Crippen molar-refractivity contribution >= 4 is 57.5 Å². The Morgan fingerprint density at radius 3 is 2.54 bits per heavy atom. The molecule has 24 heavy (non-hydrogen) atoms. The fourth-order valence-electron chi connectivity index (χ4n) is 1.94. The van der Waals surface area contributed by atoms with E-state index in [9.17, 15) is 4.79 Å². The molecule has 0 heterocycles. The van der Waals surface area contributed by atoms with Crippen molar-refractivity contribution < 1.29 is 4.79 Å². The van der Waals surface area contributed by atoms with Crippen molar-refractivity contribution in [2.24, 2.45) is 10.9 Å². The zero-order chi connectivity index (χ0) is 17.2. The first-order valence-electron chi connectivity index (χ1n) is 7.93. The minimum atomic E-state index is -0.0173. The second-order valence-electron chi connectivity index (χ2n) is 5.87. The lowest BCUT2D eigenvalue weighted by atomic mass is 10.1. The molecule has 0 aliphatic rings. The molecule has 0 saturated heterocycles. The Morgan fingerprint density at radius 1 is 1.25 bits per heavy atom. The number of halogens is 2. The number of hydrogen-bond acceptors (Lipinski definition) is 2. The van der Waals surface area contributed by atoms with Gasteiger partial charge in [-0.3, -0.25) is 9.79 Å². The van der Waals surface area contributed by atoms with Gasteiger partial charge in [0, 0.05) is 36.7 Å². The number of carbonyl (C=O) groups excluding carboxylic acids is 1. The number of hydrogen-bond donors (Lipinski definition) is 3. The summed E-state index contributed by atoms with van der Waals surface area (Å²) >= 11 is 3.41. The monoisotopic (exact) mass is 510 g/mol. The van der Waals surface area contributed by atoms with Crippen molar-refractivity contribution in [2.75, 3.05) is 25.5 Å². The molecule has 0 fully saturated rings. The van der Waals surface area contributed by atoms with E-state index in [2.05, 4.69) is 50.7 Å². The summed E-state index contributed by atoms with van der Waals surface area (Å²) in [5.41, 5.74) is 1.88. The third-order valence-electron chi connectivity index (χ3n) is 3.36. The summed E-state index contributed by atoms with van der Waals surface area (Å²) in [5.74, 6) is 1.37. The number of aliphatic imine (C=N–C) groups is 1. The Kier molecular flexibility index (Phi) is 12.1. The van der Waals surface area contributed by atoms with Gasteiger partial charge in [-0.25, -0.2) is 0 Å². The van der Waals surface area contributed by atoms with Crippen molar-refractivity contribution in [3.05, 3.63) is 28.2 Å². The fourth-order valence-corrected chi connectivity index (χ4v) is 2.30. The van der Waals surface area contributed by atoms with Crippen molar-refractivity contribution in [1.82, 2.24) is 10.6 Å². The summed E-state index contributed by atoms with van der Waals surface area (Å²) in [6, 6.07) is 5.84. The van der Waals surface area contributed by atoms with Gasteiger partial charge >= 0.3 is 0 Å². The number of rotatable bonds is 7. The van der Waals surface area contributed by atoms with E-state index in [0.29, 0.717) is 18.9 Å². The van der Waals surface area contributed by atoms with Crippen molar-refractivity contribution in [3.63, 3.8) is 0 Å². The van der Waals surface area contributed by atoms with Crippen LogP contribution in [0.15, 0.2) is 27.7 Å². The van der Waals surface area contributed by atoms with E-state index in [0.717, 1.165) is 34.6 Å². The largest absolute Gasteiger partial charge is 0.356 e. The highest BCUT2D eigenvalue weighted by molar-refractivity contribution is 14.0. The van der Waals surface area contributed by atoms with E-state index in [1.54, 1.807) is 7.05 Å². The maximum atomic E-state index is 12.0. The summed E-state index contributed by atoms with van der Waals surface area (Å²) in [7, 11) is 1.73. The number of nitrogens with one attached hydrogen (secondary N) is 3. The van der Waals surface area contributed by atoms with Crippen LogP contribution in [-0.4, -0.2) is 32.0 Å². The molecule has 5 nitrogen and oxygen atoms in total. The molecule has 0 bridgehead atoms. The van der Waals surface area contributed by atoms with Crippen molar-refractivity contribution in [3.8, 4) is 0 Å². The second-order valence-corrected chi connectivity index (χ2v) is 6.78. The molecular weight excluding hydrogens is 483 g/mol. The molecule has 0 saturated carbocycles. The maximum absolute atomic E-state index is 12.0. The lowest BCUT2D eigenvalue weighted by Gasteiger charge is -2.13. The fraction of sp³-hybridized carbons (Fsp3) is 0.529. The molecule has 136 valence electrons. The summed E-state index contributed by atoms with van der Waals surface area (Å²) in [6.45, 7) is 7.76. The summed E-state index contributed by atoms with van der Waals surface area (Å²) in [5, 5.41) is 9.33. The molecule has 1 amide bonds. The topological polar surface area (TPSA) is 65.5 Å². The Bertz CT molecular complexity index is 549. The lowest BCUT2D eigenvalue weighted by molar-refractivity contribution is -0.116. The van der Waals surface area contributed by atoms with Crippen LogP contribution in [-0.2, 0) is 4.79 Å². The zero-order valence-corrected chi connectivity index (χ0v) is 18.7. The molecule has 0 radical (unpaired) electrons. The standard InChI is InChI=1S/C17H27BrN4O.HI/c1-12(2)7-9-20-17(19-4)21-10-8-16(23)22-15-11-14(18)6-5-13(15)3;/h5-6,11-12H,7-10H2,1-4H3,(H,22,23)(H2,19,20,21);1H. The van der Waals surface area contributed by atoms with Crippen LogP contribution in [0.25, 0.3) is 0 Å². The number of anilines is 1. The quantitative estimate of drug-likeness (QED) is 0.296. The van der Waals surface area contributed by atoms with Crippen LogP contribution < -0.4 is 16.0 Å². The molecule has 0 unspecified atom stereocenters. The van der Waals surface area contributed by atoms with Gasteiger partial charge in [0.25, 0.3) is 0 Å². The average molecular weight is 511 g/mol. The second kappa shape index (κ2) is 12.5. The third-order valence-corrected chi connectivity index (χ3v) is 3.85. The van der Waals surface area contributed by atoms with Gasteiger partial charge in [-0.15, -0.1) is 24.0 Å². The molecule has 0 atom stereocenters. The Morgan fingerprint density at radius 2 is 1.92 bits per heavy atom. The van der Waals surface area contributed by atoms with Crippen LogP contribution in [0.5, 0.6) is 0 Å². The molecule has 1 rings (SSSR count). The third kappa shape index (κ3) is 9.46.